The topological polar surface area (TPSA) is 51.0 Å². The van der Waals surface area contributed by atoms with E-state index in [0.717, 1.165) is 5.92 Å². The van der Waals surface area contributed by atoms with Gasteiger partial charge in [-0.05, 0) is 25.7 Å². The molecule has 1 aromatic heterocycles. The Morgan fingerprint density at radius 2 is 1.94 bits per heavy atom. The molecule has 1 heterocycles. The Morgan fingerprint density at radius 3 is 2.53 bits per heavy atom. The van der Waals surface area contributed by atoms with Crippen molar-refractivity contribution >= 4 is 0 Å². The molecule has 0 saturated heterocycles. The summed E-state index contributed by atoms with van der Waals surface area (Å²) < 4.78 is 5.36. The summed E-state index contributed by atoms with van der Waals surface area (Å²) >= 11 is 0. The normalized spacial score (nSPS) is 20.1. The number of hydrogen-bond donors (Lipinski definition) is 1. The molecular formula is C13H23N3O. The molecule has 0 amide bonds. The van der Waals surface area contributed by atoms with Crippen molar-refractivity contribution in [3.63, 3.8) is 0 Å². The van der Waals surface area contributed by atoms with Gasteiger partial charge < -0.3 is 9.73 Å². The zero-order chi connectivity index (χ0) is 12.1. The Morgan fingerprint density at radius 1 is 1.24 bits per heavy atom. The average Bonchev–Trinajstić information content (AvgIpc) is 2.58. The van der Waals surface area contributed by atoms with Crippen LogP contribution < -0.4 is 5.32 Å². The molecule has 0 aliphatic heterocycles. The molecule has 1 atom stereocenters. The second-order valence-electron chi connectivity index (χ2n) is 5.14. The SMILES string of the molecule is Cc1nnc(CN[C@@H](C)C2CCCCCC2)o1. The van der Waals surface area contributed by atoms with E-state index in [1.165, 1.54) is 38.5 Å². The fourth-order valence-corrected chi connectivity index (χ4v) is 2.63. The van der Waals surface area contributed by atoms with Crippen LogP contribution in [-0.4, -0.2) is 16.2 Å². The lowest BCUT2D eigenvalue weighted by Crippen LogP contribution is -2.33. The van der Waals surface area contributed by atoms with E-state index >= 15 is 0 Å². The predicted molar refractivity (Wildman–Crippen MR) is 66.5 cm³/mol. The van der Waals surface area contributed by atoms with E-state index in [1.807, 2.05) is 6.92 Å². The van der Waals surface area contributed by atoms with Crippen molar-refractivity contribution in [2.75, 3.05) is 0 Å². The van der Waals surface area contributed by atoms with Crippen molar-refractivity contribution in [3.05, 3.63) is 11.8 Å². The first kappa shape index (κ1) is 12.6. The Labute approximate surface area is 103 Å². The Bertz CT molecular complexity index is 329. The van der Waals surface area contributed by atoms with Gasteiger partial charge in [0.05, 0.1) is 6.54 Å². The maximum absolute atomic E-state index is 5.36. The Kier molecular flexibility index (Phi) is 4.54. The molecule has 1 fully saturated rings. The summed E-state index contributed by atoms with van der Waals surface area (Å²) in [4.78, 5) is 0. The third-order valence-corrected chi connectivity index (χ3v) is 3.75. The van der Waals surface area contributed by atoms with E-state index in [1.54, 1.807) is 0 Å². The van der Waals surface area contributed by atoms with Crippen LogP contribution in [0.3, 0.4) is 0 Å². The summed E-state index contributed by atoms with van der Waals surface area (Å²) in [6.45, 7) is 4.79. The molecule has 96 valence electrons. The number of aromatic nitrogens is 2. The standard InChI is InChI=1S/C13H23N3O/c1-10(12-7-5-3-4-6-8-12)14-9-13-16-15-11(2)17-13/h10,12,14H,3-9H2,1-2H3/t10-/m0/s1. The third kappa shape index (κ3) is 3.80. The van der Waals surface area contributed by atoms with Crippen LogP contribution in [0, 0.1) is 12.8 Å². The van der Waals surface area contributed by atoms with E-state index in [9.17, 15) is 0 Å². The van der Waals surface area contributed by atoms with Gasteiger partial charge in [0.15, 0.2) is 0 Å². The monoisotopic (exact) mass is 237 g/mol. The van der Waals surface area contributed by atoms with Crippen LogP contribution >= 0.6 is 0 Å². The molecule has 4 heteroatoms. The minimum absolute atomic E-state index is 0.542. The maximum Gasteiger partial charge on any atom is 0.230 e. The summed E-state index contributed by atoms with van der Waals surface area (Å²) in [6.07, 6.45) is 8.30. The highest BCUT2D eigenvalue weighted by Gasteiger charge is 2.19. The van der Waals surface area contributed by atoms with Gasteiger partial charge in [-0.3, -0.25) is 0 Å². The lowest BCUT2D eigenvalue weighted by molar-refractivity contribution is 0.322. The van der Waals surface area contributed by atoms with Crippen LogP contribution in [0.1, 0.15) is 57.2 Å². The van der Waals surface area contributed by atoms with Crippen LogP contribution in [-0.2, 0) is 6.54 Å². The van der Waals surface area contributed by atoms with Crippen molar-refractivity contribution in [3.8, 4) is 0 Å². The quantitative estimate of drug-likeness (QED) is 0.818. The molecular weight excluding hydrogens is 214 g/mol. The number of hydrogen-bond acceptors (Lipinski definition) is 4. The highest BCUT2D eigenvalue weighted by molar-refractivity contribution is 4.81. The minimum atomic E-state index is 0.542. The van der Waals surface area contributed by atoms with E-state index < -0.39 is 0 Å². The number of nitrogens with zero attached hydrogens (tertiary/aromatic N) is 2. The minimum Gasteiger partial charge on any atom is -0.424 e. The van der Waals surface area contributed by atoms with E-state index in [2.05, 4.69) is 22.4 Å². The molecule has 4 nitrogen and oxygen atoms in total. The van der Waals surface area contributed by atoms with Gasteiger partial charge in [-0.2, -0.15) is 0 Å². The average molecular weight is 237 g/mol. The first-order chi connectivity index (χ1) is 8.25. The predicted octanol–water partition coefficient (Wildman–Crippen LogP) is 2.83. The highest BCUT2D eigenvalue weighted by Crippen LogP contribution is 2.25. The highest BCUT2D eigenvalue weighted by atomic mass is 16.4. The molecule has 2 rings (SSSR count). The van der Waals surface area contributed by atoms with Crippen LogP contribution in [0.2, 0.25) is 0 Å². The third-order valence-electron chi connectivity index (χ3n) is 3.75. The van der Waals surface area contributed by atoms with Crippen molar-refractivity contribution in [2.45, 2.75) is 65.0 Å². The fourth-order valence-electron chi connectivity index (χ4n) is 2.63. The zero-order valence-electron chi connectivity index (χ0n) is 10.9. The summed E-state index contributed by atoms with van der Waals surface area (Å²) in [5.41, 5.74) is 0. The Hall–Kier alpha value is -0.900. The molecule has 0 bridgehead atoms. The van der Waals surface area contributed by atoms with Crippen LogP contribution in [0.15, 0.2) is 4.42 Å². The van der Waals surface area contributed by atoms with E-state index in [4.69, 9.17) is 4.42 Å². The van der Waals surface area contributed by atoms with Gasteiger partial charge in [0.25, 0.3) is 0 Å². The molecule has 1 aliphatic carbocycles. The number of nitrogens with one attached hydrogen (secondary N) is 1. The molecule has 17 heavy (non-hydrogen) atoms. The summed E-state index contributed by atoms with van der Waals surface area (Å²) in [6, 6.07) is 0.542. The van der Waals surface area contributed by atoms with Crippen LogP contribution in [0.25, 0.3) is 0 Å². The molecule has 0 aromatic carbocycles. The van der Waals surface area contributed by atoms with Gasteiger partial charge in [-0.1, -0.05) is 25.7 Å². The van der Waals surface area contributed by atoms with Crippen molar-refractivity contribution in [1.82, 2.24) is 15.5 Å². The van der Waals surface area contributed by atoms with E-state index in [0.29, 0.717) is 24.4 Å². The van der Waals surface area contributed by atoms with Crippen LogP contribution in [0.5, 0.6) is 0 Å². The lowest BCUT2D eigenvalue weighted by atomic mass is 9.93. The van der Waals surface area contributed by atoms with Gasteiger partial charge >= 0.3 is 0 Å². The van der Waals surface area contributed by atoms with Gasteiger partial charge in [0, 0.05) is 13.0 Å². The van der Waals surface area contributed by atoms with Gasteiger partial charge in [0.1, 0.15) is 0 Å². The lowest BCUT2D eigenvalue weighted by Gasteiger charge is -2.22. The first-order valence-electron chi connectivity index (χ1n) is 6.78. The summed E-state index contributed by atoms with van der Waals surface area (Å²) in [7, 11) is 0. The number of aryl methyl sites for hydroxylation is 1. The Balaban J connectivity index is 1.77. The van der Waals surface area contributed by atoms with Crippen molar-refractivity contribution in [1.29, 1.82) is 0 Å². The molecule has 0 spiro atoms. The molecule has 1 saturated carbocycles. The summed E-state index contributed by atoms with van der Waals surface area (Å²) in [5, 5.41) is 11.4. The summed E-state index contributed by atoms with van der Waals surface area (Å²) in [5.74, 6) is 2.15. The largest absolute Gasteiger partial charge is 0.424 e. The van der Waals surface area contributed by atoms with Crippen molar-refractivity contribution in [2.24, 2.45) is 5.92 Å². The molecule has 1 aliphatic rings. The molecule has 1 N–H and O–H groups in total. The molecule has 1 aromatic rings. The molecule has 0 unspecified atom stereocenters. The van der Waals surface area contributed by atoms with Gasteiger partial charge in [0.2, 0.25) is 11.8 Å². The van der Waals surface area contributed by atoms with E-state index in [-0.39, 0.29) is 0 Å². The van der Waals surface area contributed by atoms with Gasteiger partial charge in [-0.15, -0.1) is 10.2 Å². The van der Waals surface area contributed by atoms with Gasteiger partial charge in [-0.25, -0.2) is 0 Å². The smallest absolute Gasteiger partial charge is 0.230 e. The molecule has 0 radical (unpaired) electrons. The first-order valence-corrected chi connectivity index (χ1v) is 6.78. The number of rotatable bonds is 4. The van der Waals surface area contributed by atoms with Crippen molar-refractivity contribution < 1.29 is 4.42 Å². The second kappa shape index (κ2) is 6.15. The second-order valence-corrected chi connectivity index (χ2v) is 5.14. The fraction of sp³-hybridized carbons (Fsp3) is 0.846. The van der Waals surface area contributed by atoms with Crippen LogP contribution in [0.4, 0.5) is 0 Å². The maximum atomic E-state index is 5.36. The zero-order valence-corrected chi connectivity index (χ0v) is 10.9.